The van der Waals surface area contributed by atoms with Crippen LogP contribution in [-0.2, 0) is 19.5 Å². The highest BCUT2D eigenvalue weighted by Gasteiger charge is 2.25. The molecule has 1 aliphatic rings. The Kier molecular flexibility index (Phi) is 6.21. The van der Waals surface area contributed by atoms with Gasteiger partial charge in [-0.15, -0.1) is 0 Å². The van der Waals surface area contributed by atoms with Crippen LogP contribution in [0.4, 0.5) is 5.69 Å². The number of ether oxygens (including phenoxy) is 2. The number of carbonyl (C=O) groups excluding carboxylic acids is 1. The normalized spacial score (nSPS) is 15.3. The maximum absolute atomic E-state index is 12.5. The third-order valence-electron chi connectivity index (χ3n) is 3.77. The molecule has 0 spiro atoms. The van der Waals surface area contributed by atoms with E-state index in [1.165, 1.54) is 26.2 Å². The van der Waals surface area contributed by atoms with Crippen molar-refractivity contribution in [2.75, 3.05) is 51.9 Å². The second-order valence-electron chi connectivity index (χ2n) is 6.10. The van der Waals surface area contributed by atoms with Crippen LogP contribution in [0, 0.1) is 0 Å². The fourth-order valence-corrected chi connectivity index (χ4v) is 3.32. The first-order valence-corrected chi connectivity index (χ1v) is 9.38. The standard InChI is InChI=1S/C17H24N2O5S/c1-13(2)12-24-17(20)15-11-14(25(21,22)18(3)4)5-6-16(15)19-7-9-23-10-8-19/h5-6,11H,1,7-10,12H2,2-4H3. The van der Waals surface area contributed by atoms with Gasteiger partial charge in [0.05, 0.1) is 29.4 Å². The average molecular weight is 368 g/mol. The number of carbonyl (C=O) groups is 1. The van der Waals surface area contributed by atoms with Crippen LogP contribution in [0.5, 0.6) is 0 Å². The number of esters is 1. The van der Waals surface area contributed by atoms with Gasteiger partial charge in [-0.05, 0) is 30.7 Å². The molecule has 0 aromatic heterocycles. The van der Waals surface area contributed by atoms with Gasteiger partial charge in [0.1, 0.15) is 6.61 Å². The second-order valence-corrected chi connectivity index (χ2v) is 8.25. The quantitative estimate of drug-likeness (QED) is 0.560. The number of sulfonamides is 1. The lowest BCUT2D eigenvalue weighted by Crippen LogP contribution is -2.37. The molecule has 1 aromatic rings. The Morgan fingerprint density at radius 3 is 2.52 bits per heavy atom. The molecule has 25 heavy (non-hydrogen) atoms. The molecule has 0 unspecified atom stereocenters. The molecule has 8 heteroatoms. The second kappa shape index (κ2) is 7.99. The topological polar surface area (TPSA) is 76.2 Å². The van der Waals surface area contributed by atoms with Crippen LogP contribution >= 0.6 is 0 Å². The molecular formula is C17H24N2O5S. The molecule has 0 bridgehead atoms. The predicted molar refractivity (Wildman–Crippen MR) is 95.4 cm³/mol. The van der Waals surface area contributed by atoms with Gasteiger partial charge in [-0.1, -0.05) is 6.58 Å². The van der Waals surface area contributed by atoms with Crippen molar-refractivity contribution in [1.82, 2.24) is 4.31 Å². The van der Waals surface area contributed by atoms with E-state index in [4.69, 9.17) is 9.47 Å². The van der Waals surface area contributed by atoms with E-state index in [2.05, 4.69) is 6.58 Å². The lowest BCUT2D eigenvalue weighted by Gasteiger charge is -2.30. The summed E-state index contributed by atoms with van der Waals surface area (Å²) in [6.45, 7) is 7.91. The highest BCUT2D eigenvalue weighted by molar-refractivity contribution is 7.89. The summed E-state index contributed by atoms with van der Waals surface area (Å²) >= 11 is 0. The van der Waals surface area contributed by atoms with Gasteiger partial charge in [0.2, 0.25) is 10.0 Å². The number of hydrogen-bond acceptors (Lipinski definition) is 6. The summed E-state index contributed by atoms with van der Waals surface area (Å²) in [5.41, 5.74) is 1.58. The molecule has 0 amide bonds. The molecule has 2 rings (SSSR count). The summed E-state index contributed by atoms with van der Waals surface area (Å²) in [5, 5.41) is 0. The fraction of sp³-hybridized carbons (Fsp3) is 0.471. The van der Waals surface area contributed by atoms with Crippen LogP contribution in [0.25, 0.3) is 0 Å². The van der Waals surface area contributed by atoms with E-state index < -0.39 is 16.0 Å². The largest absolute Gasteiger partial charge is 0.458 e. The molecule has 0 atom stereocenters. The van der Waals surface area contributed by atoms with Crippen molar-refractivity contribution in [3.8, 4) is 0 Å². The molecule has 0 saturated carbocycles. The van der Waals surface area contributed by atoms with E-state index >= 15 is 0 Å². The van der Waals surface area contributed by atoms with Crippen molar-refractivity contribution < 1.29 is 22.7 Å². The van der Waals surface area contributed by atoms with Crippen LogP contribution < -0.4 is 4.90 Å². The van der Waals surface area contributed by atoms with E-state index in [0.29, 0.717) is 37.6 Å². The number of hydrogen-bond donors (Lipinski definition) is 0. The lowest BCUT2D eigenvalue weighted by molar-refractivity contribution is 0.0540. The predicted octanol–water partition coefficient (Wildman–Crippen LogP) is 1.51. The van der Waals surface area contributed by atoms with E-state index in [1.54, 1.807) is 13.0 Å². The summed E-state index contributed by atoms with van der Waals surface area (Å²) in [4.78, 5) is 14.6. The van der Waals surface area contributed by atoms with Crippen LogP contribution in [0.3, 0.4) is 0 Å². The lowest BCUT2D eigenvalue weighted by atomic mass is 10.1. The molecule has 0 aliphatic carbocycles. The van der Waals surface area contributed by atoms with E-state index in [0.717, 1.165) is 4.31 Å². The molecule has 1 aromatic carbocycles. The Morgan fingerprint density at radius 2 is 1.96 bits per heavy atom. The van der Waals surface area contributed by atoms with Crippen molar-refractivity contribution in [3.63, 3.8) is 0 Å². The number of benzene rings is 1. The Bertz CT molecular complexity index is 752. The number of morpholine rings is 1. The van der Waals surface area contributed by atoms with E-state index in [1.807, 2.05) is 4.90 Å². The van der Waals surface area contributed by atoms with Gasteiger partial charge < -0.3 is 14.4 Å². The minimum atomic E-state index is -3.65. The highest BCUT2D eigenvalue weighted by Crippen LogP contribution is 2.27. The third-order valence-corrected chi connectivity index (χ3v) is 5.58. The van der Waals surface area contributed by atoms with Crippen LogP contribution in [0.1, 0.15) is 17.3 Å². The zero-order valence-electron chi connectivity index (χ0n) is 14.8. The van der Waals surface area contributed by atoms with Crippen molar-refractivity contribution in [3.05, 3.63) is 35.9 Å². The Hall–Kier alpha value is -1.90. The van der Waals surface area contributed by atoms with Gasteiger partial charge in [-0.3, -0.25) is 0 Å². The first-order valence-electron chi connectivity index (χ1n) is 7.94. The number of anilines is 1. The summed E-state index contributed by atoms with van der Waals surface area (Å²) in [6.07, 6.45) is 0. The molecule has 138 valence electrons. The summed E-state index contributed by atoms with van der Waals surface area (Å²) < 4.78 is 36.5. The van der Waals surface area contributed by atoms with Crippen molar-refractivity contribution in [2.24, 2.45) is 0 Å². The van der Waals surface area contributed by atoms with Gasteiger partial charge in [0.25, 0.3) is 0 Å². The van der Waals surface area contributed by atoms with Gasteiger partial charge in [0, 0.05) is 27.2 Å². The Labute approximate surface area is 148 Å². The van der Waals surface area contributed by atoms with Gasteiger partial charge in [-0.2, -0.15) is 0 Å². The molecule has 7 nitrogen and oxygen atoms in total. The number of nitrogens with zero attached hydrogens (tertiary/aromatic N) is 2. The molecule has 0 N–H and O–H groups in total. The van der Waals surface area contributed by atoms with Crippen LogP contribution in [0.2, 0.25) is 0 Å². The van der Waals surface area contributed by atoms with E-state index in [9.17, 15) is 13.2 Å². The molecular weight excluding hydrogens is 344 g/mol. The molecule has 1 aliphatic heterocycles. The van der Waals surface area contributed by atoms with Gasteiger partial charge >= 0.3 is 5.97 Å². The minimum absolute atomic E-state index is 0.0526. The maximum Gasteiger partial charge on any atom is 0.340 e. The van der Waals surface area contributed by atoms with Crippen LogP contribution in [0.15, 0.2) is 35.2 Å². The monoisotopic (exact) mass is 368 g/mol. The maximum atomic E-state index is 12.5. The van der Waals surface area contributed by atoms with Gasteiger partial charge in [-0.25, -0.2) is 17.5 Å². The van der Waals surface area contributed by atoms with Crippen molar-refractivity contribution in [1.29, 1.82) is 0 Å². The van der Waals surface area contributed by atoms with E-state index in [-0.39, 0.29) is 17.1 Å². The van der Waals surface area contributed by atoms with Crippen LogP contribution in [-0.4, -0.2) is 65.7 Å². The zero-order chi connectivity index (χ0) is 18.6. The SMILES string of the molecule is C=C(C)COC(=O)c1cc(S(=O)(=O)N(C)C)ccc1N1CCOCC1. The first kappa shape index (κ1) is 19.4. The van der Waals surface area contributed by atoms with Gasteiger partial charge in [0.15, 0.2) is 0 Å². The summed E-state index contributed by atoms with van der Waals surface area (Å²) in [5.74, 6) is -0.569. The first-order chi connectivity index (χ1) is 11.7. The average Bonchev–Trinajstić information content (AvgIpc) is 2.59. The molecule has 1 saturated heterocycles. The Balaban J connectivity index is 2.44. The Morgan fingerprint density at radius 1 is 1.32 bits per heavy atom. The minimum Gasteiger partial charge on any atom is -0.458 e. The third kappa shape index (κ3) is 4.59. The summed E-state index contributed by atoms with van der Waals surface area (Å²) in [7, 11) is -0.749. The molecule has 1 fully saturated rings. The molecule has 0 radical (unpaired) electrons. The highest BCUT2D eigenvalue weighted by atomic mass is 32.2. The zero-order valence-corrected chi connectivity index (χ0v) is 15.6. The van der Waals surface area contributed by atoms with Crippen molar-refractivity contribution >= 4 is 21.7 Å². The summed E-state index contributed by atoms with van der Waals surface area (Å²) in [6, 6.07) is 4.54. The molecule has 1 heterocycles. The number of rotatable bonds is 6. The van der Waals surface area contributed by atoms with Crippen molar-refractivity contribution in [2.45, 2.75) is 11.8 Å². The fourth-order valence-electron chi connectivity index (χ4n) is 2.40. The smallest absolute Gasteiger partial charge is 0.340 e.